The molecule has 18 heavy (non-hydrogen) atoms. The molecule has 0 amide bonds. The van der Waals surface area contributed by atoms with E-state index in [0.29, 0.717) is 12.0 Å². The molecule has 0 bridgehead atoms. The summed E-state index contributed by atoms with van der Waals surface area (Å²) < 4.78 is 0. The highest BCUT2D eigenvalue weighted by Gasteiger charge is 2.33. The van der Waals surface area contributed by atoms with Gasteiger partial charge >= 0.3 is 0 Å². The number of nitrogens with zero attached hydrogens (tertiary/aromatic N) is 1. The molecule has 1 N–H and O–H groups in total. The molecule has 0 aromatic carbocycles. The van der Waals surface area contributed by atoms with Gasteiger partial charge in [0.2, 0.25) is 0 Å². The summed E-state index contributed by atoms with van der Waals surface area (Å²) >= 11 is 0. The predicted molar refractivity (Wildman–Crippen MR) is 76.8 cm³/mol. The first-order chi connectivity index (χ1) is 8.77. The molecule has 2 nitrogen and oxygen atoms in total. The van der Waals surface area contributed by atoms with Gasteiger partial charge in [0, 0.05) is 23.9 Å². The van der Waals surface area contributed by atoms with E-state index in [4.69, 9.17) is 0 Å². The summed E-state index contributed by atoms with van der Waals surface area (Å²) in [6.45, 7) is 7.93. The fraction of sp³-hybridized carbons (Fsp3) is 0.688. The summed E-state index contributed by atoms with van der Waals surface area (Å²) in [4.78, 5) is 4.65. The van der Waals surface area contributed by atoms with Gasteiger partial charge in [-0.2, -0.15) is 0 Å². The van der Waals surface area contributed by atoms with Crippen LogP contribution in [0.25, 0.3) is 0 Å². The van der Waals surface area contributed by atoms with Crippen molar-refractivity contribution in [1.82, 2.24) is 10.3 Å². The average Bonchev–Trinajstić information content (AvgIpc) is 2.80. The normalized spacial score (nSPS) is 21.6. The highest BCUT2D eigenvalue weighted by Crippen LogP contribution is 2.36. The molecular weight excluding hydrogens is 220 g/mol. The van der Waals surface area contributed by atoms with Crippen LogP contribution in [-0.4, -0.2) is 17.6 Å². The number of likely N-dealkylation sites (N-methyl/N-ethyl adjacent to an activating group) is 1. The van der Waals surface area contributed by atoms with Crippen LogP contribution in [0, 0.1) is 5.92 Å². The number of aromatic nitrogens is 1. The van der Waals surface area contributed by atoms with E-state index < -0.39 is 0 Å². The molecule has 0 spiro atoms. The number of fused-ring (bicyclic) bond motifs is 1. The first kappa shape index (κ1) is 13.5. The predicted octanol–water partition coefficient (Wildman–Crippen LogP) is 3.53. The third-order valence-corrected chi connectivity index (χ3v) is 4.23. The van der Waals surface area contributed by atoms with Crippen molar-refractivity contribution in [1.29, 1.82) is 0 Å². The smallest absolute Gasteiger partial charge is 0.0482 e. The van der Waals surface area contributed by atoms with Gasteiger partial charge in [-0.1, -0.05) is 33.3 Å². The van der Waals surface area contributed by atoms with Crippen molar-refractivity contribution in [2.75, 3.05) is 6.54 Å². The SMILES string of the molecule is CCCC(C)C(NCC)C1CCc2cccnc21. The summed E-state index contributed by atoms with van der Waals surface area (Å²) in [5, 5.41) is 3.71. The minimum absolute atomic E-state index is 0.589. The van der Waals surface area contributed by atoms with Gasteiger partial charge in [0.25, 0.3) is 0 Å². The maximum Gasteiger partial charge on any atom is 0.0482 e. The van der Waals surface area contributed by atoms with Gasteiger partial charge in [-0.25, -0.2) is 0 Å². The molecule has 0 saturated heterocycles. The van der Waals surface area contributed by atoms with Gasteiger partial charge in [-0.05, 0) is 43.4 Å². The van der Waals surface area contributed by atoms with Gasteiger partial charge in [-0.15, -0.1) is 0 Å². The molecule has 3 unspecified atom stereocenters. The number of hydrogen-bond donors (Lipinski definition) is 1. The van der Waals surface area contributed by atoms with Crippen LogP contribution in [0.2, 0.25) is 0 Å². The minimum atomic E-state index is 0.589. The topological polar surface area (TPSA) is 24.9 Å². The van der Waals surface area contributed by atoms with E-state index >= 15 is 0 Å². The Morgan fingerprint density at radius 1 is 1.44 bits per heavy atom. The fourth-order valence-electron chi connectivity index (χ4n) is 3.40. The van der Waals surface area contributed by atoms with E-state index in [1.165, 1.54) is 36.9 Å². The quantitative estimate of drug-likeness (QED) is 0.830. The lowest BCUT2D eigenvalue weighted by atomic mass is 9.85. The van der Waals surface area contributed by atoms with Crippen molar-refractivity contribution >= 4 is 0 Å². The zero-order valence-corrected chi connectivity index (χ0v) is 11.9. The number of aryl methyl sites for hydroxylation is 1. The van der Waals surface area contributed by atoms with Crippen LogP contribution in [0.4, 0.5) is 0 Å². The first-order valence-corrected chi connectivity index (χ1v) is 7.45. The van der Waals surface area contributed by atoms with E-state index in [1.54, 1.807) is 0 Å². The number of rotatable bonds is 6. The highest BCUT2D eigenvalue weighted by molar-refractivity contribution is 5.30. The summed E-state index contributed by atoms with van der Waals surface area (Å²) in [6.07, 6.45) is 6.98. The molecule has 0 fully saturated rings. The van der Waals surface area contributed by atoms with Crippen molar-refractivity contribution in [3.05, 3.63) is 29.6 Å². The van der Waals surface area contributed by atoms with Gasteiger partial charge in [0.05, 0.1) is 0 Å². The van der Waals surface area contributed by atoms with E-state index in [1.807, 2.05) is 6.20 Å². The molecule has 2 rings (SSSR count). The molecule has 1 aromatic rings. The second-order valence-electron chi connectivity index (χ2n) is 5.54. The molecular formula is C16H26N2. The van der Waals surface area contributed by atoms with Crippen molar-refractivity contribution in [2.45, 2.75) is 58.4 Å². The monoisotopic (exact) mass is 246 g/mol. The first-order valence-electron chi connectivity index (χ1n) is 7.45. The van der Waals surface area contributed by atoms with Crippen LogP contribution >= 0.6 is 0 Å². The lowest BCUT2D eigenvalue weighted by molar-refractivity contribution is 0.307. The van der Waals surface area contributed by atoms with Crippen molar-refractivity contribution in [3.63, 3.8) is 0 Å². The number of hydrogen-bond acceptors (Lipinski definition) is 2. The van der Waals surface area contributed by atoms with Crippen LogP contribution in [0.1, 0.15) is 57.2 Å². The van der Waals surface area contributed by atoms with Crippen LogP contribution in [0.5, 0.6) is 0 Å². The molecule has 3 atom stereocenters. The number of pyridine rings is 1. The summed E-state index contributed by atoms with van der Waals surface area (Å²) in [7, 11) is 0. The van der Waals surface area contributed by atoms with Crippen molar-refractivity contribution in [3.8, 4) is 0 Å². The van der Waals surface area contributed by atoms with Gasteiger partial charge in [0.15, 0.2) is 0 Å². The molecule has 1 aromatic heterocycles. The third kappa shape index (κ3) is 2.74. The molecule has 1 heterocycles. The van der Waals surface area contributed by atoms with E-state index in [0.717, 1.165) is 12.5 Å². The largest absolute Gasteiger partial charge is 0.313 e. The Morgan fingerprint density at radius 2 is 2.28 bits per heavy atom. The second-order valence-corrected chi connectivity index (χ2v) is 5.54. The molecule has 0 radical (unpaired) electrons. The minimum Gasteiger partial charge on any atom is -0.313 e. The molecule has 0 saturated carbocycles. The third-order valence-electron chi connectivity index (χ3n) is 4.23. The summed E-state index contributed by atoms with van der Waals surface area (Å²) in [5.74, 6) is 1.34. The van der Waals surface area contributed by atoms with Crippen molar-refractivity contribution < 1.29 is 0 Å². The Hall–Kier alpha value is -0.890. The molecule has 1 aliphatic carbocycles. The molecule has 2 heteroatoms. The van der Waals surface area contributed by atoms with Gasteiger partial charge in [0.1, 0.15) is 0 Å². The fourth-order valence-corrected chi connectivity index (χ4v) is 3.40. The number of nitrogens with one attached hydrogen (secondary N) is 1. The maximum absolute atomic E-state index is 4.65. The summed E-state index contributed by atoms with van der Waals surface area (Å²) in [5.41, 5.74) is 2.82. The Kier molecular flexibility index (Phi) is 4.76. The zero-order chi connectivity index (χ0) is 13.0. The molecule has 1 aliphatic rings. The van der Waals surface area contributed by atoms with Crippen molar-refractivity contribution in [2.24, 2.45) is 5.92 Å². The lowest BCUT2D eigenvalue weighted by Gasteiger charge is -2.30. The molecule has 100 valence electrons. The Morgan fingerprint density at radius 3 is 3.00 bits per heavy atom. The van der Waals surface area contributed by atoms with Crippen LogP contribution in [0.15, 0.2) is 18.3 Å². The molecule has 0 aliphatic heterocycles. The van der Waals surface area contributed by atoms with Crippen LogP contribution in [-0.2, 0) is 6.42 Å². The van der Waals surface area contributed by atoms with E-state index in [9.17, 15) is 0 Å². The Bertz CT molecular complexity index is 375. The standard InChI is InChI=1S/C16H26N2/c1-4-7-12(3)15(17-5-2)14-10-9-13-8-6-11-18-16(13)14/h6,8,11-12,14-15,17H,4-5,7,9-10H2,1-3H3. The Labute approximate surface area is 111 Å². The summed E-state index contributed by atoms with van der Waals surface area (Å²) in [6, 6.07) is 4.90. The Balaban J connectivity index is 2.17. The van der Waals surface area contributed by atoms with E-state index in [2.05, 4.69) is 43.2 Å². The maximum atomic E-state index is 4.65. The zero-order valence-electron chi connectivity index (χ0n) is 11.9. The van der Waals surface area contributed by atoms with Gasteiger partial charge in [-0.3, -0.25) is 4.98 Å². The lowest BCUT2D eigenvalue weighted by Crippen LogP contribution is -2.39. The second kappa shape index (κ2) is 6.33. The van der Waals surface area contributed by atoms with Crippen LogP contribution < -0.4 is 5.32 Å². The highest BCUT2D eigenvalue weighted by atomic mass is 14.9. The average molecular weight is 246 g/mol. The van der Waals surface area contributed by atoms with E-state index in [-0.39, 0.29) is 0 Å². The van der Waals surface area contributed by atoms with Crippen LogP contribution in [0.3, 0.4) is 0 Å². The van der Waals surface area contributed by atoms with Gasteiger partial charge < -0.3 is 5.32 Å².